The van der Waals surface area contributed by atoms with Crippen LogP contribution in [0.4, 0.5) is 13.2 Å². The summed E-state index contributed by atoms with van der Waals surface area (Å²) < 4.78 is 37.5. The lowest BCUT2D eigenvalue weighted by Crippen LogP contribution is -2.50. The molecule has 3 heterocycles. The Morgan fingerprint density at radius 1 is 1.19 bits per heavy atom. The maximum Gasteiger partial charge on any atom is 0.406 e. The lowest BCUT2D eigenvalue weighted by Gasteiger charge is -2.35. The Hall–Kier alpha value is -2.16. The van der Waals surface area contributed by atoms with E-state index in [9.17, 15) is 22.8 Å². The molecule has 0 aliphatic carbocycles. The van der Waals surface area contributed by atoms with E-state index in [1.807, 2.05) is 4.90 Å². The molecule has 1 aromatic rings. The van der Waals surface area contributed by atoms with Gasteiger partial charge in [-0.05, 0) is 31.4 Å². The highest BCUT2D eigenvalue weighted by atomic mass is 19.4. The Morgan fingerprint density at radius 2 is 1.92 bits per heavy atom. The van der Waals surface area contributed by atoms with Crippen LogP contribution < -0.4 is 5.32 Å². The van der Waals surface area contributed by atoms with Crippen molar-refractivity contribution in [2.24, 2.45) is 0 Å². The van der Waals surface area contributed by atoms with Gasteiger partial charge in [0.1, 0.15) is 12.2 Å². The second-order valence-electron chi connectivity index (χ2n) is 6.68. The number of pyridine rings is 1. The van der Waals surface area contributed by atoms with Crippen molar-refractivity contribution in [1.82, 2.24) is 20.1 Å². The smallest absolute Gasteiger partial charge is 0.348 e. The number of alkyl halides is 3. The number of aromatic nitrogens is 1. The molecule has 0 radical (unpaired) electrons. The number of nitrogens with one attached hydrogen (secondary N) is 1. The summed E-state index contributed by atoms with van der Waals surface area (Å²) in [6.07, 6.45) is -1.09. The van der Waals surface area contributed by atoms with E-state index in [4.69, 9.17) is 0 Å². The summed E-state index contributed by atoms with van der Waals surface area (Å²) in [4.78, 5) is 31.2. The molecule has 1 aromatic heterocycles. The lowest BCUT2D eigenvalue weighted by atomic mass is 10.0. The van der Waals surface area contributed by atoms with Gasteiger partial charge in [-0.3, -0.25) is 19.5 Å². The minimum Gasteiger partial charge on any atom is -0.348 e. The Bertz CT molecular complexity index is 645. The van der Waals surface area contributed by atoms with Gasteiger partial charge in [-0.25, -0.2) is 0 Å². The molecule has 1 unspecified atom stereocenters. The number of hydrogen-bond acceptors (Lipinski definition) is 4. The zero-order valence-corrected chi connectivity index (χ0v) is 14.2. The number of amides is 2. The van der Waals surface area contributed by atoms with E-state index in [0.29, 0.717) is 38.0 Å². The van der Waals surface area contributed by atoms with Crippen molar-refractivity contribution in [3.63, 3.8) is 0 Å². The van der Waals surface area contributed by atoms with Crippen LogP contribution in [0.5, 0.6) is 0 Å². The molecule has 9 heteroatoms. The van der Waals surface area contributed by atoms with Gasteiger partial charge in [0.05, 0.1) is 6.04 Å². The molecular formula is C17H21F3N4O2. The van der Waals surface area contributed by atoms with Gasteiger partial charge in [0.15, 0.2) is 0 Å². The summed E-state index contributed by atoms with van der Waals surface area (Å²) in [7, 11) is 0. The Morgan fingerprint density at radius 3 is 2.54 bits per heavy atom. The number of carbonyl (C=O) groups is 2. The van der Waals surface area contributed by atoms with Crippen LogP contribution in [0.15, 0.2) is 24.4 Å². The second-order valence-corrected chi connectivity index (χ2v) is 6.68. The standard InChI is InChI=1S/C17H21F3N4O2/c18-17(19,20)11-24-10-6-14(16(24)26)23-8-4-12(5-9-23)22-15(25)13-3-1-2-7-21-13/h1-3,7,12,14H,4-6,8-11H2,(H,22,25). The summed E-state index contributed by atoms with van der Waals surface area (Å²) in [5.41, 5.74) is 0.351. The summed E-state index contributed by atoms with van der Waals surface area (Å²) in [5, 5.41) is 2.93. The normalized spacial score (nSPS) is 22.7. The molecule has 2 fully saturated rings. The maximum atomic E-state index is 12.5. The molecule has 1 N–H and O–H groups in total. The fourth-order valence-electron chi connectivity index (χ4n) is 3.55. The number of halogens is 3. The number of nitrogens with zero attached hydrogens (tertiary/aromatic N) is 3. The summed E-state index contributed by atoms with van der Waals surface area (Å²) >= 11 is 0. The average molecular weight is 370 g/mol. The van der Waals surface area contributed by atoms with Crippen molar-refractivity contribution in [3.05, 3.63) is 30.1 Å². The molecule has 0 saturated carbocycles. The van der Waals surface area contributed by atoms with Crippen LogP contribution in [0.25, 0.3) is 0 Å². The molecule has 0 aromatic carbocycles. The monoisotopic (exact) mass is 370 g/mol. The Balaban J connectivity index is 1.48. The van der Waals surface area contributed by atoms with Crippen LogP contribution in [-0.2, 0) is 4.79 Å². The van der Waals surface area contributed by atoms with Gasteiger partial charge < -0.3 is 10.2 Å². The van der Waals surface area contributed by atoms with Crippen molar-refractivity contribution in [3.8, 4) is 0 Å². The fourth-order valence-corrected chi connectivity index (χ4v) is 3.55. The highest BCUT2D eigenvalue weighted by Gasteiger charge is 2.42. The first-order chi connectivity index (χ1) is 12.3. The lowest BCUT2D eigenvalue weighted by molar-refractivity contribution is -0.159. The third-order valence-electron chi connectivity index (χ3n) is 4.84. The van der Waals surface area contributed by atoms with Crippen LogP contribution in [0.2, 0.25) is 0 Å². The van der Waals surface area contributed by atoms with Crippen molar-refractivity contribution < 1.29 is 22.8 Å². The molecule has 2 saturated heterocycles. The zero-order chi connectivity index (χ0) is 18.7. The quantitative estimate of drug-likeness (QED) is 0.871. The number of likely N-dealkylation sites (tertiary alicyclic amines) is 2. The van der Waals surface area contributed by atoms with E-state index in [0.717, 1.165) is 4.90 Å². The van der Waals surface area contributed by atoms with Gasteiger partial charge in [-0.1, -0.05) is 6.07 Å². The van der Waals surface area contributed by atoms with E-state index >= 15 is 0 Å². The Kier molecular flexibility index (Phi) is 5.45. The van der Waals surface area contributed by atoms with E-state index in [1.54, 1.807) is 24.4 Å². The van der Waals surface area contributed by atoms with Crippen LogP contribution >= 0.6 is 0 Å². The molecule has 0 spiro atoms. The van der Waals surface area contributed by atoms with E-state index in [1.165, 1.54) is 0 Å². The first-order valence-electron chi connectivity index (χ1n) is 8.65. The van der Waals surface area contributed by atoms with Crippen LogP contribution in [-0.4, -0.2) is 71.0 Å². The van der Waals surface area contributed by atoms with E-state index < -0.39 is 24.7 Å². The van der Waals surface area contributed by atoms with E-state index in [-0.39, 0.29) is 18.5 Å². The molecule has 142 valence electrons. The van der Waals surface area contributed by atoms with Crippen molar-refractivity contribution >= 4 is 11.8 Å². The number of piperidine rings is 1. The number of carbonyl (C=O) groups excluding carboxylic acids is 2. The summed E-state index contributed by atoms with van der Waals surface area (Å²) in [5.74, 6) is -0.685. The fraction of sp³-hybridized carbons (Fsp3) is 0.588. The van der Waals surface area contributed by atoms with Gasteiger partial charge in [0, 0.05) is 31.9 Å². The minimum absolute atomic E-state index is 0.0245. The molecular weight excluding hydrogens is 349 g/mol. The summed E-state index contributed by atoms with van der Waals surface area (Å²) in [6, 6.07) is 4.60. The number of hydrogen-bond donors (Lipinski definition) is 1. The maximum absolute atomic E-state index is 12.5. The van der Waals surface area contributed by atoms with E-state index in [2.05, 4.69) is 10.3 Å². The minimum atomic E-state index is -4.37. The zero-order valence-electron chi connectivity index (χ0n) is 14.2. The molecule has 1 atom stereocenters. The highest BCUT2D eigenvalue weighted by molar-refractivity contribution is 5.92. The van der Waals surface area contributed by atoms with Gasteiger partial charge >= 0.3 is 6.18 Å². The van der Waals surface area contributed by atoms with Crippen LogP contribution in [0.1, 0.15) is 29.8 Å². The molecule has 2 aliphatic rings. The topological polar surface area (TPSA) is 65.5 Å². The number of rotatable bonds is 4. The average Bonchev–Trinajstić information content (AvgIpc) is 2.95. The molecule has 2 aliphatic heterocycles. The molecule has 0 bridgehead atoms. The van der Waals surface area contributed by atoms with Crippen molar-refractivity contribution in [2.45, 2.75) is 37.5 Å². The first kappa shape index (κ1) is 18.6. The third-order valence-corrected chi connectivity index (χ3v) is 4.84. The van der Waals surface area contributed by atoms with Crippen LogP contribution in [0.3, 0.4) is 0 Å². The van der Waals surface area contributed by atoms with Crippen molar-refractivity contribution in [2.75, 3.05) is 26.2 Å². The van der Waals surface area contributed by atoms with Gasteiger partial charge in [0.25, 0.3) is 5.91 Å². The molecule has 3 rings (SSSR count). The van der Waals surface area contributed by atoms with Crippen LogP contribution in [0, 0.1) is 0 Å². The van der Waals surface area contributed by atoms with Gasteiger partial charge in [-0.2, -0.15) is 13.2 Å². The molecule has 26 heavy (non-hydrogen) atoms. The predicted octanol–water partition coefficient (Wildman–Crippen LogP) is 1.44. The highest BCUT2D eigenvalue weighted by Crippen LogP contribution is 2.25. The van der Waals surface area contributed by atoms with Gasteiger partial charge in [0.2, 0.25) is 5.91 Å². The third kappa shape index (κ3) is 4.51. The SMILES string of the molecule is O=C(NC1CCN(C2CCN(CC(F)(F)F)C2=O)CC1)c1ccccn1. The molecule has 2 amide bonds. The summed E-state index contributed by atoms with van der Waals surface area (Å²) in [6.45, 7) is 0.102. The van der Waals surface area contributed by atoms with Crippen molar-refractivity contribution in [1.29, 1.82) is 0 Å². The predicted molar refractivity (Wildman–Crippen MR) is 87.3 cm³/mol. The Labute approximate surface area is 149 Å². The second kappa shape index (κ2) is 7.61. The first-order valence-corrected chi connectivity index (χ1v) is 8.65. The largest absolute Gasteiger partial charge is 0.406 e. The van der Waals surface area contributed by atoms with Gasteiger partial charge in [-0.15, -0.1) is 0 Å². The molecule has 6 nitrogen and oxygen atoms in total.